The van der Waals surface area contributed by atoms with Gasteiger partial charge in [-0.15, -0.1) is 0 Å². The molecule has 0 aliphatic carbocycles. The van der Waals surface area contributed by atoms with Gasteiger partial charge in [-0.3, -0.25) is 0 Å². The molecule has 0 unspecified atom stereocenters. The first-order chi connectivity index (χ1) is 7.27. The highest BCUT2D eigenvalue weighted by Gasteiger charge is 2.06. The summed E-state index contributed by atoms with van der Waals surface area (Å²) in [4.78, 5) is 10.7. The molecule has 0 aliphatic heterocycles. The highest BCUT2D eigenvalue weighted by Crippen LogP contribution is 2.11. The lowest BCUT2D eigenvalue weighted by Gasteiger charge is -2.22. The molecular weight excluding hydrogens is 188 g/mol. The van der Waals surface area contributed by atoms with Crippen molar-refractivity contribution in [1.82, 2.24) is 9.97 Å². The summed E-state index contributed by atoms with van der Waals surface area (Å²) in [6.45, 7) is 6.88. The van der Waals surface area contributed by atoms with Crippen LogP contribution in [0.3, 0.4) is 0 Å². The molecule has 1 aromatic rings. The lowest BCUT2D eigenvalue weighted by molar-refractivity contribution is 0.710. The molecule has 0 saturated carbocycles. The number of aromatic nitrogens is 2. The Morgan fingerprint density at radius 1 is 1.33 bits per heavy atom. The van der Waals surface area contributed by atoms with Gasteiger partial charge in [0.2, 0.25) is 0 Å². The summed E-state index contributed by atoms with van der Waals surface area (Å²) in [7, 11) is 0. The van der Waals surface area contributed by atoms with E-state index in [1.54, 1.807) is 6.33 Å². The Kier molecular flexibility index (Phi) is 5.04. The van der Waals surface area contributed by atoms with E-state index in [1.165, 1.54) is 0 Å². The summed E-state index contributed by atoms with van der Waals surface area (Å²) in [6.07, 6.45) is 3.74. The van der Waals surface area contributed by atoms with Gasteiger partial charge in [-0.1, -0.05) is 6.92 Å². The van der Waals surface area contributed by atoms with Crippen molar-refractivity contribution < 1.29 is 0 Å². The lowest BCUT2D eigenvalue weighted by atomic mass is 10.3. The SMILES string of the molecule is CCCN(CCCN)c1cc(C)ncn1. The van der Waals surface area contributed by atoms with Crippen LogP contribution in [0.5, 0.6) is 0 Å². The minimum atomic E-state index is 0.726. The fourth-order valence-electron chi connectivity index (χ4n) is 1.51. The monoisotopic (exact) mass is 208 g/mol. The number of rotatable bonds is 6. The molecule has 0 fully saturated rings. The first-order valence-corrected chi connectivity index (χ1v) is 5.51. The van der Waals surface area contributed by atoms with Crippen LogP contribution in [-0.4, -0.2) is 29.6 Å². The number of hydrogen-bond acceptors (Lipinski definition) is 4. The van der Waals surface area contributed by atoms with E-state index in [-0.39, 0.29) is 0 Å². The van der Waals surface area contributed by atoms with Crippen LogP contribution in [0.15, 0.2) is 12.4 Å². The van der Waals surface area contributed by atoms with Crippen molar-refractivity contribution in [1.29, 1.82) is 0 Å². The highest BCUT2D eigenvalue weighted by atomic mass is 15.2. The van der Waals surface area contributed by atoms with Crippen LogP contribution in [0.2, 0.25) is 0 Å². The molecule has 15 heavy (non-hydrogen) atoms. The van der Waals surface area contributed by atoms with Gasteiger partial charge in [0.1, 0.15) is 12.1 Å². The van der Waals surface area contributed by atoms with Crippen LogP contribution >= 0.6 is 0 Å². The Labute approximate surface area is 91.5 Å². The molecule has 4 nitrogen and oxygen atoms in total. The molecular formula is C11H20N4. The minimum Gasteiger partial charge on any atom is -0.356 e. The van der Waals surface area contributed by atoms with Crippen molar-refractivity contribution in [3.05, 3.63) is 18.1 Å². The van der Waals surface area contributed by atoms with E-state index >= 15 is 0 Å². The Morgan fingerprint density at radius 3 is 2.73 bits per heavy atom. The number of nitrogens with zero attached hydrogens (tertiary/aromatic N) is 3. The van der Waals surface area contributed by atoms with Crippen molar-refractivity contribution in [2.45, 2.75) is 26.7 Å². The molecule has 0 spiro atoms. The van der Waals surface area contributed by atoms with E-state index in [2.05, 4.69) is 21.8 Å². The van der Waals surface area contributed by atoms with Crippen molar-refractivity contribution in [2.75, 3.05) is 24.5 Å². The summed E-state index contributed by atoms with van der Waals surface area (Å²) in [5, 5.41) is 0. The normalized spacial score (nSPS) is 10.3. The number of hydrogen-bond donors (Lipinski definition) is 1. The third kappa shape index (κ3) is 3.83. The smallest absolute Gasteiger partial charge is 0.132 e. The lowest BCUT2D eigenvalue weighted by Crippen LogP contribution is -2.27. The predicted molar refractivity (Wildman–Crippen MR) is 62.9 cm³/mol. The maximum Gasteiger partial charge on any atom is 0.132 e. The Hall–Kier alpha value is -1.16. The molecule has 0 radical (unpaired) electrons. The molecule has 1 heterocycles. The highest BCUT2D eigenvalue weighted by molar-refractivity contribution is 5.38. The molecule has 0 aromatic carbocycles. The van der Waals surface area contributed by atoms with Gasteiger partial charge in [0, 0.05) is 24.8 Å². The second-order valence-electron chi connectivity index (χ2n) is 3.65. The number of nitrogens with two attached hydrogens (primary N) is 1. The molecule has 0 bridgehead atoms. The van der Waals surface area contributed by atoms with Crippen LogP contribution in [0.25, 0.3) is 0 Å². The van der Waals surface area contributed by atoms with Crippen molar-refractivity contribution >= 4 is 5.82 Å². The molecule has 0 amide bonds. The van der Waals surface area contributed by atoms with Crippen molar-refractivity contribution in [3.63, 3.8) is 0 Å². The molecule has 2 N–H and O–H groups in total. The van der Waals surface area contributed by atoms with Gasteiger partial charge in [0.25, 0.3) is 0 Å². The Balaban J connectivity index is 2.69. The van der Waals surface area contributed by atoms with Crippen LogP contribution in [0, 0.1) is 6.92 Å². The van der Waals surface area contributed by atoms with Crippen LogP contribution < -0.4 is 10.6 Å². The molecule has 1 rings (SSSR count). The molecule has 0 atom stereocenters. The number of aryl methyl sites for hydroxylation is 1. The average molecular weight is 208 g/mol. The van der Waals surface area contributed by atoms with Gasteiger partial charge < -0.3 is 10.6 Å². The zero-order valence-electron chi connectivity index (χ0n) is 9.61. The van der Waals surface area contributed by atoms with Gasteiger partial charge in [-0.05, 0) is 26.3 Å². The molecule has 0 saturated heterocycles. The average Bonchev–Trinajstić information content (AvgIpc) is 2.24. The van der Waals surface area contributed by atoms with Crippen LogP contribution in [-0.2, 0) is 0 Å². The van der Waals surface area contributed by atoms with E-state index in [9.17, 15) is 0 Å². The summed E-state index contributed by atoms with van der Waals surface area (Å²) < 4.78 is 0. The second kappa shape index (κ2) is 6.35. The van der Waals surface area contributed by atoms with E-state index in [0.29, 0.717) is 0 Å². The summed E-state index contributed by atoms with van der Waals surface area (Å²) in [6, 6.07) is 2.02. The summed E-state index contributed by atoms with van der Waals surface area (Å²) in [5.41, 5.74) is 6.53. The zero-order valence-corrected chi connectivity index (χ0v) is 9.61. The fraction of sp³-hybridized carbons (Fsp3) is 0.636. The van der Waals surface area contributed by atoms with E-state index in [4.69, 9.17) is 5.73 Å². The van der Waals surface area contributed by atoms with Gasteiger partial charge in [0.05, 0.1) is 0 Å². The maximum absolute atomic E-state index is 5.52. The zero-order chi connectivity index (χ0) is 11.1. The topological polar surface area (TPSA) is 55.0 Å². The summed E-state index contributed by atoms with van der Waals surface area (Å²) in [5.74, 6) is 1.01. The second-order valence-corrected chi connectivity index (χ2v) is 3.65. The fourth-order valence-corrected chi connectivity index (χ4v) is 1.51. The van der Waals surface area contributed by atoms with E-state index < -0.39 is 0 Å². The van der Waals surface area contributed by atoms with Crippen LogP contribution in [0.4, 0.5) is 5.82 Å². The molecule has 84 valence electrons. The predicted octanol–water partition coefficient (Wildman–Crippen LogP) is 1.35. The first kappa shape index (κ1) is 11.9. The van der Waals surface area contributed by atoms with Crippen molar-refractivity contribution in [2.24, 2.45) is 5.73 Å². The quantitative estimate of drug-likeness (QED) is 0.766. The number of anilines is 1. The third-order valence-electron chi connectivity index (χ3n) is 2.24. The molecule has 0 aliphatic rings. The maximum atomic E-state index is 5.52. The van der Waals surface area contributed by atoms with Gasteiger partial charge in [-0.25, -0.2) is 9.97 Å². The standard InChI is InChI=1S/C11H20N4/c1-3-6-15(7-4-5-12)11-8-10(2)13-9-14-11/h8-9H,3-7,12H2,1-2H3. The van der Waals surface area contributed by atoms with Gasteiger partial charge >= 0.3 is 0 Å². The molecule has 1 aromatic heterocycles. The molecule has 4 heteroatoms. The van der Waals surface area contributed by atoms with E-state index in [0.717, 1.165) is 44.0 Å². The third-order valence-corrected chi connectivity index (χ3v) is 2.24. The van der Waals surface area contributed by atoms with Gasteiger partial charge in [0.15, 0.2) is 0 Å². The van der Waals surface area contributed by atoms with E-state index in [1.807, 2.05) is 13.0 Å². The van der Waals surface area contributed by atoms with Gasteiger partial charge in [-0.2, -0.15) is 0 Å². The first-order valence-electron chi connectivity index (χ1n) is 5.51. The van der Waals surface area contributed by atoms with Crippen molar-refractivity contribution in [3.8, 4) is 0 Å². The minimum absolute atomic E-state index is 0.726. The Morgan fingerprint density at radius 2 is 2.13 bits per heavy atom. The van der Waals surface area contributed by atoms with Crippen LogP contribution in [0.1, 0.15) is 25.5 Å². The largest absolute Gasteiger partial charge is 0.356 e. The summed E-state index contributed by atoms with van der Waals surface area (Å²) >= 11 is 0. The Bertz CT molecular complexity index is 288.